The Morgan fingerprint density at radius 3 is 2.17 bits per heavy atom. The van der Waals surface area contributed by atoms with Crippen molar-refractivity contribution in [3.63, 3.8) is 0 Å². The number of nitrogens with zero attached hydrogens (tertiary/aromatic N) is 2. The van der Waals surface area contributed by atoms with Gasteiger partial charge in [0.15, 0.2) is 0 Å². The van der Waals surface area contributed by atoms with E-state index in [0.29, 0.717) is 16.9 Å². The van der Waals surface area contributed by atoms with E-state index in [9.17, 15) is 27.9 Å². The van der Waals surface area contributed by atoms with Gasteiger partial charge in [0.05, 0.1) is 19.3 Å². The van der Waals surface area contributed by atoms with Crippen LogP contribution in [0.1, 0.15) is 31.9 Å². The fourth-order valence-electron chi connectivity index (χ4n) is 3.51. The number of carbonyl (C=O) groups excluding carboxylic acids is 2. The number of hydrogen-bond donors (Lipinski definition) is 2. The van der Waals surface area contributed by atoms with E-state index < -0.39 is 39.8 Å². The zero-order chi connectivity index (χ0) is 26.7. The molecule has 194 valence electrons. The van der Waals surface area contributed by atoms with Gasteiger partial charge >= 0.3 is 22.3 Å². The zero-order valence-electron chi connectivity index (χ0n) is 20.4. The summed E-state index contributed by atoms with van der Waals surface area (Å²) in [5.74, 6) is -1.20. The molecule has 2 aromatic rings. The number of hydrogen-bond acceptors (Lipinski definition) is 7. The van der Waals surface area contributed by atoms with Gasteiger partial charge in [-0.3, -0.25) is 4.79 Å². The molecule has 12 heteroatoms. The van der Waals surface area contributed by atoms with Gasteiger partial charge in [-0.25, -0.2) is 18.2 Å². The van der Waals surface area contributed by atoms with Crippen LogP contribution in [0.2, 0.25) is 0 Å². The zero-order valence-corrected chi connectivity index (χ0v) is 21.2. The number of carbonyl (C=O) groups is 3. The van der Waals surface area contributed by atoms with Crippen LogP contribution in [0.5, 0.6) is 5.75 Å². The number of nitrogens with one attached hydrogen (secondary N) is 1. The highest BCUT2D eigenvalue weighted by atomic mass is 32.2. The van der Waals surface area contributed by atoms with Crippen LogP contribution in [0, 0.1) is 0 Å². The van der Waals surface area contributed by atoms with E-state index in [1.54, 1.807) is 57.2 Å². The number of anilines is 1. The fraction of sp³-hybridized carbons (Fsp3) is 0.375. The summed E-state index contributed by atoms with van der Waals surface area (Å²) in [6.07, 6.45) is -0.908. The van der Waals surface area contributed by atoms with Gasteiger partial charge in [-0.05, 0) is 56.2 Å². The summed E-state index contributed by atoms with van der Waals surface area (Å²) >= 11 is 0. The summed E-state index contributed by atoms with van der Waals surface area (Å²) in [6.45, 7) is 4.52. The maximum atomic E-state index is 13.1. The molecule has 0 saturated carbocycles. The largest absolute Gasteiger partial charge is 0.497 e. The van der Waals surface area contributed by atoms with Crippen LogP contribution in [-0.2, 0) is 37.5 Å². The molecule has 0 radical (unpaired) electrons. The number of alkyl carbamates (subject to hydrolysis) is 1. The first kappa shape index (κ1) is 26.8. The van der Waals surface area contributed by atoms with Crippen molar-refractivity contribution >= 4 is 33.9 Å². The molecule has 3 rings (SSSR count). The molecule has 1 aliphatic heterocycles. The molecular weight excluding hydrogens is 490 g/mol. The Balaban J connectivity index is 1.71. The Morgan fingerprint density at radius 1 is 1.06 bits per heavy atom. The minimum absolute atomic E-state index is 0.0515. The first-order valence-corrected chi connectivity index (χ1v) is 12.5. The number of benzene rings is 2. The van der Waals surface area contributed by atoms with Crippen molar-refractivity contribution in [1.29, 1.82) is 0 Å². The second kappa shape index (κ2) is 10.4. The minimum Gasteiger partial charge on any atom is -0.497 e. The number of carboxylic acids is 1. The molecule has 0 aliphatic carbocycles. The van der Waals surface area contributed by atoms with E-state index in [2.05, 4.69) is 5.32 Å². The number of methoxy groups -OCH3 is 1. The standard InChI is InChI=1S/C24H29N3O8S/c1-24(2,3)35-23(31)25-20(22(29)30)13-16-5-9-18(10-6-16)26-15-21(28)27(36(26,32)33)14-17-7-11-19(34-4)12-8-17/h5-12,20H,13-15H2,1-4H3,(H,25,31)(H,29,30). The van der Waals surface area contributed by atoms with E-state index in [4.69, 9.17) is 9.47 Å². The number of ether oxygens (including phenoxy) is 2. The van der Waals surface area contributed by atoms with Crippen LogP contribution in [0.15, 0.2) is 48.5 Å². The summed E-state index contributed by atoms with van der Waals surface area (Å²) in [6, 6.07) is 11.6. The van der Waals surface area contributed by atoms with Gasteiger partial charge in [-0.15, -0.1) is 0 Å². The maximum Gasteiger partial charge on any atom is 0.408 e. The molecule has 1 fully saturated rings. The SMILES string of the molecule is COc1ccc(CN2C(=O)CN(c3ccc(CC(NC(=O)OC(C)(C)C)C(=O)O)cc3)S2(=O)=O)cc1. The fourth-order valence-corrected chi connectivity index (χ4v) is 5.03. The summed E-state index contributed by atoms with van der Waals surface area (Å²) in [4.78, 5) is 36.1. The first-order chi connectivity index (χ1) is 16.8. The number of carboxylic acid groups (broad SMARTS) is 1. The van der Waals surface area contributed by atoms with E-state index in [0.717, 1.165) is 8.61 Å². The second-order valence-electron chi connectivity index (χ2n) is 9.17. The van der Waals surface area contributed by atoms with Gasteiger partial charge < -0.3 is 19.9 Å². The van der Waals surface area contributed by atoms with Crippen LogP contribution in [-0.4, -0.2) is 61.1 Å². The third-order valence-corrected chi connectivity index (χ3v) is 7.04. The lowest BCUT2D eigenvalue weighted by Gasteiger charge is -2.22. The van der Waals surface area contributed by atoms with Crippen LogP contribution in [0.4, 0.5) is 10.5 Å². The van der Waals surface area contributed by atoms with Gasteiger partial charge in [-0.2, -0.15) is 8.42 Å². The third-order valence-electron chi connectivity index (χ3n) is 5.25. The molecule has 2 aromatic carbocycles. The molecule has 36 heavy (non-hydrogen) atoms. The predicted octanol–water partition coefficient (Wildman–Crippen LogP) is 2.31. The molecule has 1 saturated heterocycles. The molecule has 1 unspecified atom stereocenters. The van der Waals surface area contributed by atoms with Crippen molar-refractivity contribution in [1.82, 2.24) is 9.62 Å². The average Bonchev–Trinajstić information content (AvgIpc) is 3.01. The maximum absolute atomic E-state index is 13.1. The molecule has 0 spiro atoms. The lowest BCUT2D eigenvalue weighted by Crippen LogP contribution is -2.44. The first-order valence-electron chi connectivity index (χ1n) is 11.1. The van der Waals surface area contributed by atoms with Crippen molar-refractivity contribution in [3.8, 4) is 5.75 Å². The van der Waals surface area contributed by atoms with Crippen molar-refractivity contribution in [2.75, 3.05) is 18.0 Å². The minimum atomic E-state index is -4.11. The topological polar surface area (TPSA) is 143 Å². The Kier molecular flexibility index (Phi) is 7.77. The molecule has 11 nitrogen and oxygen atoms in total. The van der Waals surface area contributed by atoms with Crippen LogP contribution < -0.4 is 14.4 Å². The van der Waals surface area contributed by atoms with E-state index in [1.807, 2.05) is 0 Å². The number of aliphatic carboxylic acids is 1. The van der Waals surface area contributed by atoms with Gasteiger partial charge in [0.25, 0.3) is 5.91 Å². The molecule has 1 aliphatic rings. The lowest BCUT2D eigenvalue weighted by molar-refractivity contribution is -0.139. The number of rotatable bonds is 8. The number of amides is 2. The highest BCUT2D eigenvalue weighted by molar-refractivity contribution is 7.91. The molecule has 2 N–H and O–H groups in total. The van der Waals surface area contributed by atoms with E-state index in [-0.39, 0.29) is 25.2 Å². The summed E-state index contributed by atoms with van der Waals surface area (Å²) in [5.41, 5.74) is 0.646. The van der Waals surface area contributed by atoms with Crippen LogP contribution in [0.3, 0.4) is 0 Å². The summed E-state index contributed by atoms with van der Waals surface area (Å²) in [5, 5.41) is 11.8. The van der Waals surface area contributed by atoms with Crippen LogP contribution >= 0.6 is 0 Å². The van der Waals surface area contributed by atoms with Gasteiger partial charge in [0.2, 0.25) is 0 Å². The summed E-state index contributed by atoms with van der Waals surface area (Å²) < 4.78 is 38.2. The van der Waals surface area contributed by atoms with E-state index >= 15 is 0 Å². The normalized spacial score (nSPS) is 15.9. The van der Waals surface area contributed by atoms with Crippen molar-refractivity contribution in [3.05, 3.63) is 59.7 Å². The van der Waals surface area contributed by atoms with Gasteiger partial charge in [-0.1, -0.05) is 24.3 Å². The molecule has 2 amide bonds. The van der Waals surface area contributed by atoms with E-state index in [1.165, 1.54) is 19.2 Å². The molecule has 0 bridgehead atoms. The Morgan fingerprint density at radius 2 is 1.64 bits per heavy atom. The van der Waals surface area contributed by atoms with Crippen molar-refractivity contribution in [2.24, 2.45) is 0 Å². The highest BCUT2D eigenvalue weighted by Crippen LogP contribution is 2.28. The molecular formula is C24H29N3O8S. The Labute approximate surface area is 209 Å². The van der Waals surface area contributed by atoms with Crippen molar-refractivity contribution in [2.45, 2.75) is 45.4 Å². The third kappa shape index (κ3) is 6.45. The monoisotopic (exact) mass is 519 g/mol. The highest BCUT2D eigenvalue weighted by Gasteiger charge is 2.42. The summed E-state index contributed by atoms with van der Waals surface area (Å²) in [7, 11) is -2.59. The average molecular weight is 520 g/mol. The Hall–Kier alpha value is -3.80. The molecule has 1 heterocycles. The van der Waals surface area contributed by atoms with Crippen LogP contribution in [0.25, 0.3) is 0 Å². The quantitative estimate of drug-likeness (QED) is 0.541. The smallest absolute Gasteiger partial charge is 0.408 e. The van der Waals surface area contributed by atoms with Gasteiger partial charge in [0.1, 0.15) is 23.9 Å². The molecule has 0 aromatic heterocycles. The molecule has 1 atom stereocenters. The van der Waals surface area contributed by atoms with Gasteiger partial charge in [0, 0.05) is 6.42 Å². The van der Waals surface area contributed by atoms with Crippen molar-refractivity contribution < 1.29 is 37.4 Å². The second-order valence-corrected chi connectivity index (χ2v) is 10.9. The Bertz CT molecular complexity index is 1220. The lowest BCUT2D eigenvalue weighted by atomic mass is 10.1. The predicted molar refractivity (Wildman–Crippen MR) is 131 cm³/mol.